The Bertz CT molecular complexity index is 880. The minimum Gasteiger partial charge on any atom is -0.469 e. The smallest absolute Gasteiger partial charge is 0.339 e. The number of ether oxygens (including phenoxy) is 4. The number of carbonyl (C=O) groups is 4. The minimum absolute atomic E-state index is 0.124. The molecule has 0 bridgehead atoms. The molecule has 12 heteroatoms. The maximum absolute atomic E-state index is 13.1. The van der Waals surface area contributed by atoms with E-state index in [9.17, 15) is 29.3 Å². The number of nitro benzene ring substituents is 1. The normalized spacial score (nSPS) is 21.3. The van der Waals surface area contributed by atoms with Crippen LogP contribution in [-0.2, 0) is 38.1 Å². The van der Waals surface area contributed by atoms with Crippen LogP contribution >= 0.6 is 0 Å². The topological polar surface area (TPSA) is 160 Å². The summed E-state index contributed by atoms with van der Waals surface area (Å²) in [6.07, 6.45) is 0. The summed E-state index contributed by atoms with van der Waals surface area (Å²) in [6, 6.07) is 3.92. The van der Waals surface area contributed by atoms with Crippen LogP contribution < -0.4 is 5.32 Å². The summed E-state index contributed by atoms with van der Waals surface area (Å²) in [6.45, 7) is 2.76. The molecule has 0 saturated carbocycles. The zero-order valence-electron chi connectivity index (χ0n) is 18.0. The van der Waals surface area contributed by atoms with E-state index in [1.165, 1.54) is 38.1 Å². The Morgan fingerprint density at radius 1 is 0.969 bits per heavy atom. The second kappa shape index (κ2) is 10.2. The molecule has 0 unspecified atom stereocenters. The van der Waals surface area contributed by atoms with E-state index in [0.717, 1.165) is 14.2 Å². The van der Waals surface area contributed by atoms with Crippen molar-refractivity contribution >= 4 is 29.6 Å². The second-order valence-electron chi connectivity index (χ2n) is 6.77. The first-order valence-electron chi connectivity index (χ1n) is 9.71. The number of non-ortho nitro benzene ring substituents is 1. The van der Waals surface area contributed by atoms with E-state index in [0.29, 0.717) is 0 Å². The van der Waals surface area contributed by atoms with Gasteiger partial charge in [-0.2, -0.15) is 0 Å². The number of nitrogens with zero attached hydrogens (tertiary/aromatic N) is 1. The summed E-state index contributed by atoms with van der Waals surface area (Å²) >= 11 is 0. The highest BCUT2D eigenvalue weighted by Crippen LogP contribution is 2.46. The molecule has 1 saturated heterocycles. The first-order valence-corrected chi connectivity index (χ1v) is 9.71. The summed E-state index contributed by atoms with van der Waals surface area (Å²) in [5, 5.41) is 13.7. The number of hydrogen-bond acceptors (Lipinski definition) is 11. The van der Waals surface area contributed by atoms with Crippen LogP contribution in [0.1, 0.15) is 25.5 Å². The molecule has 3 atom stereocenters. The zero-order valence-corrected chi connectivity index (χ0v) is 18.0. The number of carbonyl (C=O) groups excluding carboxylic acids is 4. The monoisotopic (exact) mass is 452 g/mol. The van der Waals surface area contributed by atoms with E-state index in [1.54, 1.807) is 0 Å². The van der Waals surface area contributed by atoms with Crippen LogP contribution in [0.15, 0.2) is 24.3 Å². The molecule has 0 spiro atoms. The van der Waals surface area contributed by atoms with Crippen molar-refractivity contribution in [1.82, 2.24) is 5.32 Å². The summed E-state index contributed by atoms with van der Waals surface area (Å²) in [5.41, 5.74) is -2.34. The zero-order chi connectivity index (χ0) is 24.1. The molecular formula is C20H24N2O10. The first kappa shape index (κ1) is 24.7. The molecule has 32 heavy (non-hydrogen) atoms. The quantitative estimate of drug-likeness (QED) is 0.194. The maximum Gasteiger partial charge on any atom is 0.339 e. The van der Waals surface area contributed by atoms with E-state index in [4.69, 9.17) is 18.9 Å². The standard InChI is InChI=1S/C20H24N2O10/c1-5-31-18(25)20(19(26)32-6-2)14(17(24)30-4)13(16(23)29-3)15(21-20)11-7-9-12(10-8-11)22(27)28/h7-10,13-15,21H,5-6H2,1-4H3/t13-,14-,15-/m1/s1. The van der Waals surface area contributed by atoms with Gasteiger partial charge in [-0.25, -0.2) is 9.59 Å². The van der Waals surface area contributed by atoms with E-state index < -0.39 is 52.2 Å². The lowest BCUT2D eigenvalue weighted by atomic mass is 9.77. The van der Waals surface area contributed by atoms with Crippen molar-refractivity contribution < 1.29 is 43.0 Å². The van der Waals surface area contributed by atoms with Crippen LogP contribution in [0.3, 0.4) is 0 Å². The molecular weight excluding hydrogens is 428 g/mol. The Morgan fingerprint density at radius 3 is 1.88 bits per heavy atom. The molecule has 1 aliphatic heterocycles. The van der Waals surface area contributed by atoms with Gasteiger partial charge >= 0.3 is 23.9 Å². The van der Waals surface area contributed by atoms with Crippen LogP contribution in [0.5, 0.6) is 0 Å². The van der Waals surface area contributed by atoms with Crippen molar-refractivity contribution in [2.45, 2.75) is 25.4 Å². The van der Waals surface area contributed by atoms with Crippen LogP contribution in [-0.4, -0.2) is 61.8 Å². The van der Waals surface area contributed by atoms with E-state index in [1.807, 2.05) is 0 Å². The van der Waals surface area contributed by atoms with Gasteiger partial charge in [0.25, 0.3) is 5.69 Å². The third-order valence-corrected chi connectivity index (χ3v) is 5.15. The number of esters is 4. The van der Waals surface area contributed by atoms with Crippen molar-refractivity contribution in [1.29, 1.82) is 0 Å². The highest BCUT2D eigenvalue weighted by atomic mass is 16.6. The molecule has 174 valence electrons. The molecule has 0 radical (unpaired) electrons. The van der Waals surface area contributed by atoms with Gasteiger partial charge < -0.3 is 18.9 Å². The molecule has 12 nitrogen and oxygen atoms in total. The fraction of sp³-hybridized carbons (Fsp3) is 0.500. The molecule has 1 fully saturated rings. The summed E-state index contributed by atoms with van der Waals surface area (Å²) in [4.78, 5) is 62.1. The average molecular weight is 452 g/mol. The lowest BCUT2D eigenvalue weighted by molar-refractivity contribution is -0.384. The molecule has 1 heterocycles. The van der Waals surface area contributed by atoms with Gasteiger partial charge in [0, 0.05) is 18.2 Å². The maximum atomic E-state index is 13.1. The molecule has 1 N–H and O–H groups in total. The van der Waals surface area contributed by atoms with Gasteiger partial charge in [0.15, 0.2) is 0 Å². The number of hydrogen-bond donors (Lipinski definition) is 1. The van der Waals surface area contributed by atoms with Crippen molar-refractivity contribution in [3.63, 3.8) is 0 Å². The summed E-state index contributed by atoms with van der Waals surface area (Å²) < 4.78 is 19.8. The molecule has 0 aliphatic carbocycles. The average Bonchev–Trinajstić information content (AvgIpc) is 3.15. The highest BCUT2D eigenvalue weighted by molar-refractivity contribution is 6.11. The van der Waals surface area contributed by atoms with E-state index in [-0.39, 0.29) is 24.5 Å². The Morgan fingerprint density at radius 2 is 1.47 bits per heavy atom. The fourth-order valence-electron chi connectivity index (χ4n) is 3.78. The van der Waals surface area contributed by atoms with Gasteiger partial charge in [0.2, 0.25) is 5.54 Å². The first-order chi connectivity index (χ1) is 15.2. The molecule has 2 rings (SSSR count). The molecule has 0 amide bonds. The molecule has 1 aliphatic rings. The van der Waals surface area contributed by atoms with E-state index >= 15 is 0 Å². The third kappa shape index (κ3) is 4.26. The van der Waals surface area contributed by atoms with Crippen molar-refractivity contribution in [3.8, 4) is 0 Å². The Labute approximate surface area is 183 Å². The van der Waals surface area contributed by atoms with Gasteiger partial charge in [0.1, 0.15) is 5.92 Å². The lowest BCUT2D eigenvalue weighted by Gasteiger charge is -2.30. The predicted octanol–water partition coefficient (Wildman–Crippen LogP) is 0.682. The number of rotatable bonds is 8. The second-order valence-corrected chi connectivity index (χ2v) is 6.77. The fourth-order valence-corrected chi connectivity index (χ4v) is 3.78. The number of methoxy groups -OCH3 is 2. The SMILES string of the molecule is CCOC(=O)C1(C(=O)OCC)N[C@H](c2ccc([N+](=O)[O-])cc2)[C@H](C(=O)OC)[C@@H]1C(=O)OC. The Balaban J connectivity index is 2.75. The lowest BCUT2D eigenvalue weighted by Crippen LogP contribution is -2.62. The van der Waals surface area contributed by atoms with Crippen molar-refractivity contribution in [2.75, 3.05) is 27.4 Å². The predicted molar refractivity (Wildman–Crippen MR) is 106 cm³/mol. The van der Waals surface area contributed by atoms with Crippen LogP contribution in [0.25, 0.3) is 0 Å². The number of nitrogens with one attached hydrogen (secondary N) is 1. The van der Waals surface area contributed by atoms with Crippen LogP contribution in [0, 0.1) is 22.0 Å². The van der Waals surface area contributed by atoms with E-state index in [2.05, 4.69) is 5.32 Å². The highest BCUT2D eigenvalue weighted by Gasteiger charge is 2.69. The van der Waals surface area contributed by atoms with Gasteiger partial charge in [-0.3, -0.25) is 25.0 Å². The molecule has 1 aromatic rings. The molecule has 0 aromatic heterocycles. The Kier molecular flexibility index (Phi) is 7.87. The van der Waals surface area contributed by atoms with Gasteiger partial charge in [0.05, 0.1) is 38.3 Å². The largest absolute Gasteiger partial charge is 0.469 e. The minimum atomic E-state index is -2.41. The number of benzene rings is 1. The molecule has 1 aromatic carbocycles. The van der Waals surface area contributed by atoms with Crippen LogP contribution in [0.4, 0.5) is 5.69 Å². The van der Waals surface area contributed by atoms with Gasteiger partial charge in [-0.15, -0.1) is 0 Å². The van der Waals surface area contributed by atoms with Gasteiger partial charge in [-0.1, -0.05) is 12.1 Å². The number of nitro groups is 1. The van der Waals surface area contributed by atoms with Gasteiger partial charge in [-0.05, 0) is 19.4 Å². The Hall–Kier alpha value is -3.54. The summed E-state index contributed by atoms with van der Waals surface area (Å²) in [5.74, 6) is -7.33. The van der Waals surface area contributed by atoms with Crippen molar-refractivity contribution in [3.05, 3.63) is 39.9 Å². The summed E-state index contributed by atoms with van der Waals surface area (Å²) in [7, 11) is 2.12. The van der Waals surface area contributed by atoms with Crippen LogP contribution in [0.2, 0.25) is 0 Å². The third-order valence-electron chi connectivity index (χ3n) is 5.15. The van der Waals surface area contributed by atoms with Crippen molar-refractivity contribution in [2.24, 2.45) is 11.8 Å².